The number of tetrazole rings is 1. The number of hydrazine groups is 1. The lowest BCUT2D eigenvalue weighted by atomic mass is 9.81. The molecular weight excluding hydrogens is 354 g/mol. The summed E-state index contributed by atoms with van der Waals surface area (Å²) >= 11 is 0. The molecule has 28 heavy (non-hydrogen) atoms. The zero-order valence-corrected chi connectivity index (χ0v) is 16.6. The first-order valence-corrected chi connectivity index (χ1v) is 10.2. The van der Waals surface area contributed by atoms with Crippen LogP contribution in [0.25, 0.3) is 0 Å². The van der Waals surface area contributed by atoms with E-state index in [9.17, 15) is 4.79 Å². The molecule has 0 saturated carbocycles. The molecule has 0 aliphatic carbocycles. The van der Waals surface area contributed by atoms with Gasteiger partial charge in [0.2, 0.25) is 5.91 Å². The van der Waals surface area contributed by atoms with E-state index < -0.39 is 0 Å². The monoisotopic (exact) mass is 383 g/mol. The molecule has 2 fully saturated rings. The zero-order chi connectivity index (χ0) is 19.5. The Morgan fingerprint density at radius 2 is 2.07 bits per heavy atom. The lowest BCUT2D eigenvalue weighted by Gasteiger charge is -2.37. The molecule has 2 saturated heterocycles. The third-order valence-corrected chi connectivity index (χ3v) is 6.10. The molecule has 3 heterocycles. The number of rotatable bonds is 5. The average molecular weight is 384 g/mol. The number of aromatic nitrogens is 4. The van der Waals surface area contributed by atoms with Crippen LogP contribution in [0.15, 0.2) is 24.3 Å². The fourth-order valence-electron chi connectivity index (χ4n) is 4.44. The van der Waals surface area contributed by atoms with Gasteiger partial charge in [-0.05, 0) is 48.6 Å². The van der Waals surface area contributed by atoms with E-state index in [0.717, 1.165) is 38.3 Å². The van der Waals surface area contributed by atoms with Crippen molar-refractivity contribution in [3.05, 3.63) is 41.2 Å². The average Bonchev–Trinajstić information content (AvgIpc) is 3.36. The number of nitrogens with one attached hydrogen (secondary N) is 2. The van der Waals surface area contributed by atoms with Crippen molar-refractivity contribution >= 4 is 5.91 Å². The molecule has 1 amide bonds. The van der Waals surface area contributed by atoms with Gasteiger partial charge in [0, 0.05) is 38.0 Å². The third kappa shape index (κ3) is 4.07. The van der Waals surface area contributed by atoms with Gasteiger partial charge < -0.3 is 4.90 Å². The standard InChI is InChI=1S/C20H29N7O/c1-14-5-7-16(8-6-14)18-12-21-23-20(18)17-4-3-10-26(13-17)19(28)9-11-27-15(2)22-24-25-27/h5-8,17-18,20-21,23H,3-4,9-13H2,1-2H3. The summed E-state index contributed by atoms with van der Waals surface area (Å²) in [5, 5.41) is 11.4. The maximum Gasteiger partial charge on any atom is 0.224 e. The van der Waals surface area contributed by atoms with Crippen molar-refractivity contribution in [2.75, 3.05) is 19.6 Å². The van der Waals surface area contributed by atoms with Gasteiger partial charge in [-0.1, -0.05) is 29.8 Å². The van der Waals surface area contributed by atoms with Gasteiger partial charge in [0.15, 0.2) is 0 Å². The summed E-state index contributed by atoms with van der Waals surface area (Å²) in [6.07, 6.45) is 2.65. The molecule has 1 aromatic heterocycles. The molecule has 0 spiro atoms. The van der Waals surface area contributed by atoms with E-state index in [1.165, 1.54) is 11.1 Å². The Bertz CT molecular complexity index is 803. The van der Waals surface area contributed by atoms with E-state index >= 15 is 0 Å². The van der Waals surface area contributed by atoms with Crippen LogP contribution in [0.2, 0.25) is 0 Å². The number of aryl methyl sites for hydroxylation is 3. The lowest BCUT2D eigenvalue weighted by Crippen LogP contribution is -2.48. The topological polar surface area (TPSA) is 88.0 Å². The van der Waals surface area contributed by atoms with Gasteiger partial charge in [0.25, 0.3) is 0 Å². The molecular formula is C20H29N7O. The van der Waals surface area contributed by atoms with Crippen molar-refractivity contribution in [2.24, 2.45) is 5.92 Å². The van der Waals surface area contributed by atoms with E-state index in [0.29, 0.717) is 30.8 Å². The van der Waals surface area contributed by atoms with Crippen molar-refractivity contribution in [1.82, 2.24) is 36.0 Å². The first-order chi connectivity index (χ1) is 13.6. The van der Waals surface area contributed by atoms with Crippen molar-refractivity contribution in [3.63, 3.8) is 0 Å². The highest BCUT2D eigenvalue weighted by Crippen LogP contribution is 2.32. The normalized spacial score (nSPS) is 25.2. The van der Waals surface area contributed by atoms with Crippen LogP contribution >= 0.6 is 0 Å². The summed E-state index contributed by atoms with van der Waals surface area (Å²) in [5.74, 6) is 1.82. The Hall–Kier alpha value is -2.32. The fraction of sp³-hybridized carbons (Fsp3) is 0.600. The third-order valence-electron chi connectivity index (χ3n) is 6.10. The van der Waals surface area contributed by atoms with Crippen LogP contribution in [0.1, 0.15) is 42.1 Å². The van der Waals surface area contributed by atoms with Crippen molar-refractivity contribution in [2.45, 2.75) is 51.6 Å². The molecule has 8 heteroatoms. The second-order valence-electron chi connectivity index (χ2n) is 8.01. The highest BCUT2D eigenvalue weighted by atomic mass is 16.2. The Morgan fingerprint density at radius 3 is 2.82 bits per heavy atom. The van der Waals surface area contributed by atoms with Gasteiger partial charge in [-0.15, -0.1) is 5.10 Å². The number of benzene rings is 1. The molecule has 3 unspecified atom stereocenters. The maximum atomic E-state index is 12.8. The van der Waals surface area contributed by atoms with Gasteiger partial charge >= 0.3 is 0 Å². The minimum atomic E-state index is 0.192. The minimum absolute atomic E-state index is 0.192. The Morgan fingerprint density at radius 1 is 1.25 bits per heavy atom. The van der Waals surface area contributed by atoms with Crippen LogP contribution in [0, 0.1) is 19.8 Å². The summed E-state index contributed by atoms with van der Waals surface area (Å²) in [4.78, 5) is 14.8. The number of hydrogen-bond donors (Lipinski definition) is 2. The summed E-state index contributed by atoms with van der Waals surface area (Å²) < 4.78 is 1.69. The van der Waals surface area contributed by atoms with Gasteiger partial charge in [0.1, 0.15) is 5.82 Å². The quantitative estimate of drug-likeness (QED) is 0.806. The molecule has 4 rings (SSSR count). The van der Waals surface area contributed by atoms with Crippen LogP contribution < -0.4 is 10.9 Å². The molecule has 2 aliphatic rings. The van der Waals surface area contributed by atoms with E-state index in [2.05, 4.69) is 57.6 Å². The molecule has 1 aromatic carbocycles. The van der Waals surface area contributed by atoms with E-state index in [-0.39, 0.29) is 5.91 Å². The maximum absolute atomic E-state index is 12.8. The minimum Gasteiger partial charge on any atom is -0.342 e. The van der Waals surface area contributed by atoms with Gasteiger partial charge in [0.05, 0.1) is 6.54 Å². The molecule has 0 radical (unpaired) electrons. The van der Waals surface area contributed by atoms with Gasteiger partial charge in [-0.2, -0.15) is 0 Å². The summed E-state index contributed by atoms with van der Waals surface area (Å²) in [6, 6.07) is 9.19. The Labute approximate surface area is 165 Å². The number of likely N-dealkylation sites (tertiary alicyclic amines) is 1. The SMILES string of the molecule is Cc1ccc(C2CNNC2C2CCCN(C(=O)CCn3nnnc3C)C2)cc1. The predicted octanol–water partition coefficient (Wildman–Crippen LogP) is 1.18. The molecule has 3 atom stereocenters. The summed E-state index contributed by atoms with van der Waals surface area (Å²) in [7, 11) is 0. The second-order valence-corrected chi connectivity index (χ2v) is 8.01. The molecule has 2 aliphatic heterocycles. The number of piperidine rings is 1. The van der Waals surface area contributed by atoms with Crippen LogP contribution in [0.5, 0.6) is 0 Å². The van der Waals surface area contributed by atoms with Crippen LogP contribution in [-0.2, 0) is 11.3 Å². The molecule has 150 valence electrons. The second kappa shape index (κ2) is 8.36. The lowest BCUT2D eigenvalue weighted by molar-refractivity contribution is -0.133. The van der Waals surface area contributed by atoms with E-state index in [1.54, 1.807) is 4.68 Å². The van der Waals surface area contributed by atoms with Crippen LogP contribution in [0.4, 0.5) is 0 Å². The first-order valence-electron chi connectivity index (χ1n) is 10.2. The number of hydrogen-bond acceptors (Lipinski definition) is 6. The van der Waals surface area contributed by atoms with Gasteiger partial charge in [-0.25, -0.2) is 4.68 Å². The highest BCUT2D eigenvalue weighted by Gasteiger charge is 2.37. The van der Waals surface area contributed by atoms with Crippen molar-refractivity contribution in [3.8, 4) is 0 Å². The summed E-state index contributed by atoms with van der Waals surface area (Å²) in [6.45, 7) is 7.10. The Kier molecular flexibility index (Phi) is 5.68. The molecule has 2 N–H and O–H groups in total. The number of nitrogens with zero attached hydrogens (tertiary/aromatic N) is 5. The van der Waals surface area contributed by atoms with Gasteiger partial charge in [-0.3, -0.25) is 15.6 Å². The smallest absolute Gasteiger partial charge is 0.224 e. The number of carbonyl (C=O) groups is 1. The van der Waals surface area contributed by atoms with E-state index in [4.69, 9.17) is 0 Å². The predicted molar refractivity (Wildman–Crippen MR) is 105 cm³/mol. The summed E-state index contributed by atoms with van der Waals surface area (Å²) in [5.41, 5.74) is 9.49. The zero-order valence-electron chi connectivity index (χ0n) is 16.6. The molecule has 2 aromatic rings. The van der Waals surface area contributed by atoms with E-state index in [1.807, 2.05) is 11.8 Å². The van der Waals surface area contributed by atoms with Crippen molar-refractivity contribution < 1.29 is 4.79 Å². The van der Waals surface area contributed by atoms with Crippen LogP contribution in [0.3, 0.4) is 0 Å². The Balaban J connectivity index is 1.38. The molecule has 0 bridgehead atoms. The number of carbonyl (C=O) groups excluding carboxylic acids is 1. The fourth-order valence-corrected chi connectivity index (χ4v) is 4.44. The number of amides is 1. The molecule has 8 nitrogen and oxygen atoms in total. The highest BCUT2D eigenvalue weighted by molar-refractivity contribution is 5.76. The first kappa shape index (κ1) is 19.0. The van der Waals surface area contributed by atoms with Crippen LogP contribution in [-0.4, -0.2) is 56.7 Å². The largest absolute Gasteiger partial charge is 0.342 e. The van der Waals surface area contributed by atoms with Crippen molar-refractivity contribution in [1.29, 1.82) is 0 Å².